The largest absolute Gasteiger partial charge is 0.459 e. The van der Waals surface area contributed by atoms with Crippen molar-refractivity contribution in [3.05, 3.63) is 321 Å². The van der Waals surface area contributed by atoms with Crippen LogP contribution in [0.1, 0.15) is 170 Å². The van der Waals surface area contributed by atoms with Crippen LogP contribution in [0.2, 0.25) is 0 Å². The highest BCUT2D eigenvalue weighted by molar-refractivity contribution is 6.06. The lowest BCUT2D eigenvalue weighted by Crippen LogP contribution is -2.52. The quantitative estimate of drug-likeness (QED) is 0.0155. The zero-order valence-corrected chi connectivity index (χ0v) is 85.6. The van der Waals surface area contributed by atoms with Crippen LogP contribution in [0, 0.1) is 0 Å². The Morgan fingerprint density at radius 2 is 0.493 bits per heavy atom. The zero-order valence-electron chi connectivity index (χ0n) is 85.6. The minimum absolute atomic E-state index is 0.00354. The van der Waals surface area contributed by atoms with Gasteiger partial charge in [-0.3, -0.25) is 48.4 Å². The number of esters is 2. The lowest BCUT2D eigenvalue weighted by Gasteiger charge is -2.38. The van der Waals surface area contributed by atoms with E-state index < -0.39 is 46.3 Å². The minimum atomic E-state index is -1.14. The van der Waals surface area contributed by atoms with E-state index in [1.807, 2.05) is 308 Å². The summed E-state index contributed by atoms with van der Waals surface area (Å²) in [5.41, 5.74) is 11.2. The number of ketones is 6. The van der Waals surface area contributed by atoms with Gasteiger partial charge in [0.1, 0.15) is 43.7 Å². The molecular formula is C117H142N8O19. The van der Waals surface area contributed by atoms with Crippen molar-refractivity contribution >= 4 is 69.4 Å². The normalized spacial score (nSPS) is 16.2. The lowest BCUT2D eigenvalue weighted by molar-refractivity contribution is -0.108. The van der Waals surface area contributed by atoms with Crippen LogP contribution in [0.3, 0.4) is 0 Å². The summed E-state index contributed by atoms with van der Waals surface area (Å²) in [6.07, 6.45) is 2.50. The first-order valence-corrected chi connectivity index (χ1v) is 50.2. The van der Waals surface area contributed by atoms with Crippen molar-refractivity contribution < 1.29 is 91.2 Å². The molecule has 4 fully saturated rings. The Labute approximate surface area is 848 Å². The number of benzene rings is 10. The Hall–Kier alpha value is -12.3. The van der Waals surface area contributed by atoms with Gasteiger partial charge in [-0.2, -0.15) is 0 Å². The molecule has 14 rings (SSSR count). The summed E-state index contributed by atoms with van der Waals surface area (Å²) in [5, 5.41) is 20.8. The van der Waals surface area contributed by atoms with Crippen molar-refractivity contribution in [2.75, 3.05) is 214 Å². The van der Waals surface area contributed by atoms with Crippen LogP contribution >= 0.6 is 0 Å². The number of Topliss-reactive ketones (excluding diaryl/α,β-unsaturated/α-hetero) is 6. The fraction of sp³-hybridized carbons (Fsp3) is 0.419. The van der Waals surface area contributed by atoms with Crippen molar-refractivity contribution in [2.45, 2.75) is 126 Å². The van der Waals surface area contributed by atoms with Crippen LogP contribution in [0.15, 0.2) is 243 Å². The maximum atomic E-state index is 14.2. The first kappa shape index (κ1) is 109. The highest BCUT2D eigenvalue weighted by Crippen LogP contribution is 2.37. The van der Waals surface area contributed by atoms with Gasteiger partial charge in [-0.1, -0.05) is 125 Å². The predicted molar refractivity (Wildman–Crippen MR) is 561 cm³/mol. The van der Waals surface area contributed by atoms with Crippen molar-refractivity contribution in [1.29, 1.82) is 0 Å². The topological polar surface area (TPSA) is 286 Å². The molecule has 27 nitrogen and oxygen atoms in total. The number of aliphatic hydroxyl groups is 2. The van der Waals surface area contributed by atoms with E-state index >= 15 is 0 Å². The van der Waals surface area contributed by atoms with Crippen molar-refractivity contribution in [1.82, 2.24) is 19.6 Å². The molecule has 764 valence electrons. The van der Waals surface area contributed by atoms with E-state index in [9.17, 15) is 48.6 Å². The average molecular weight is 1960 g/mol. The molecule has 27 heteroatoms. The molecule has 10 aromatic carbocycles. The SMILES string of the molecule is CCC(Cc1ccc(C(=O)Cc2ccc(Oc3ccc(CC(=O)c4ccc(CC(CC)(C(=O)c5ccc(N6CCOCC6)cc5)N(C)C)cc4)cc3)cc2)cc1)(C(=O)c1ccc(N2CCOCC2)cc1)N(C)C.CCC(Cc1ccc(C(=O)OCC(O)COCOCC(O)COC(=O)c2ccc(CC(CC)(C(=O)c3ccc(N4CCOCC4)cc3)N(C)C)cc2)cc1)(C(=O)c1ccc(N2CCOCC2)cc1)N(C)C. The molecule has 6 unspecified atom stereocenters. The second-order valence-corrected chi connectivity index (χ2v) is 38.5. The van der Waals surface area contributed by atoms with Crippen molar-refractivity contribution in [3.63, 3.8) is 0 Å². The van der Waals surface area contributed by atoms with E-state index in [1.54, 1.807) is 24.3 Å². The van der Waals surface area contributed by atoms with E-state index in [-0.39, 0.29) is 80.8 Å². The molecule has 4 heterocycles. The first-order valence-electron chi connectivity index (χ1n) is 50.2. The second-order valence-electron chi connectivity index (χ2n) is 38.5. The molecule has 0 radical (unpaired) electrons. The molecule has 4 saturated heterocycles. The molecule has 0 spiro atoms. The van der Waals surface area contributed by atoms with Crippen LogP contribution in [0.4, 0.5) is 22.7 Å². The van der Waals surface area contributed by atoms with Crippen molar-refractivity contribution in [2.24, 2.45) is 0 Å². The second kappa shape index (κ2) is 51.9. The Morgan fingerprint density at radius 3 is 0.708 bits per heavy atom. The third kappa shape index (κ3) is 27.8. The molecule has 4 aliphatic rings. The molecular weight excluding hydrogens is 1820 g/mol. The average Bonchev–Trinajstić information content (AvgIpc) is 0.792. The fourth-order valence-corrected chi connectivity index (χ4v) is 19.4. The molecule has 0 bridgehead atoms. The van der Waals surface area contributed by atoms with E-state index in [4.69, 9.17) is 42.6 Å². The predicted octanol–water partition coefficient (Wildman–Crippen LogP) is 15.6. The number of hydrogen-bond acceptors (Lipinski definition) is 27. The Balaban J connectivity index is 0.000000242. The molecule has 0 aliphatic carbocycles. The molecule has 10 aromatic rings. The number of likely N-dealkylation sites (N-methyl/N-ethyl adjacent to an activating group) is 4. The summed E-state index contributed by atoms with van der Waals surface area (Å²) in [5.74, 6) is 0.242. The summed E-state index contributed by atoms with van der Waals surface area (Å²) < 4.78 is 49.4. The zero-order chi connectivity index (χ0) is 103. The van der Waals surface area contributed by atoms with Gasteiger partial charge in [-0.05, 0) is 287 Å². The van der Waals surface area contributed by atoms with Gasteiger partial charge in [0.05, 0.1) is 99.4 Å². The van der Waals surface area contributed by atoms with Crippen LogP contribution in [0.5, 0.6) is 11.5 Å². The minimum Gasteiger partial charge on any atom is -0.459 e. The summed E-state index contributed by atoms with van der Waals surface area (Å²) >= 11 is 0. The number of anilines is 4. The summed E-state index contributed by atoms with van der Waals surface area (Å²) in [6.45, 7) is 19.0. The highest BCUT2D eigenvalue weighted by atomic mass is 16.7. The number of nitrogens with zero attached hydrogens (tertiary/aromatic N) is 8. The van der Waals surface area contributed by atoms with E-state index in [2.05, 4.69) is 33.4 Å². The molecule has 0 saturated carbocycles. The number of rotatable bonds is 48. The third-order valence-electron chi connectivity index (χ3n) is 28.8. The summed E-state index contributed by atoms with van der Waals surface area (Å²) in [6, 6.07) is 75.6. The van der Waals surface area contributed by atoms with Crippen LogP contribution in [0.25, 0.3) is 0 Å². The molecule has 0 aromatic heterocycles. The van der Waals surface area contributed by atoms with Gasteiger partial charge >= 0.3 is 11.9 Å². The summed E-state index contributed by atoms with van der Waals surface area (Å²) in [4.78, 5) is 126. The van der Waals surface area contributed by atoms with E-state index in [0.717, 1.165) is 108 Å². The van der Waals surface area contributed by atoms with E-state index in [0.29, 0.717) is 160 Å². The maximum Gasteiger partial charge on any atom is 0.338 e. The van der Waals surface area contributed by atoms with Gasteiger partial charge in [0, 0.05) is 121 Å². The Kier molecular flexibility index (Phi) is 39.3. The number of morpholine rings is 4. The molecule has 2 N–H and O–H groups in total. The van der Waals surface area contributed by atoms with Crippen LogP contribution in [-0.2, 0) is 76.4 Å². The Morgan fingerprint density at radius 1 is 0.285 bits per heavy atom. The standard InChI is InChI=1S/C62H70N4O7.C55H72N4O12/c1-7-61(63(3)4,59(69)51-21-25-53(26-22-51)65-33-37-71-38-34-65)43-47-9-17-49(18-10-47)57(67)41-45-13-29-55(30-14-45)73-56-31-15-46(16-32-56)42-58(68)50-19-11-48(12-20-50)44-62(8-2,64(5)6)60(70)52-23-27-54(28-24-52)66-35-39-72-40-36-66;1-7-54(56(3)4,50(62)42-17-21-46(22-18-42)58-25-29-66-30-26-58)33-40-9-13-44(14-10-40)52(64)70-37-48(60)35-68-39-69-36-49(61)38-71-53(65)45-15-11-41(12-16-45)34-55(8-2,57(5)6)51(63)43-19-23-47(24-20-43)59-27-31-67-32-28-59/h9-32H,7-8,33-44H2,1-6H3;9-24,48-49,60-61H,7-8,25-39H2,1-6H3. The van der Waals surface area contributed by atoms with Crippen molar-refractivity contribution in [3.8, 4) is 11.5 Å². The van der Waals surface area contributed by atoms with Gasteiger partial charge in [0.25, 0.3) is 0 Å². The van der Waals surface area contributed by atoms with Gasteiger partial charge < -0.3 is 72.4 Å². The number of carbonyl (C=O) groups is 8. The number of carbonyl (C=O) groups excluding carboxylic acids is 8. The van der Waals surface area contributed by atoms with Crippen LogP contribution in [-0.4, -0.2) is 306 Å². The number of aliphatic hydroxyl groups excluding tert-OH is 2. The highest BCUT2D eigenvalue weighted by Gasteiger charge is 2.44. The summed E-state index contributed by atoms with van der Waals surface area (Å²) in [7, 11) is 15.5. The monoisotopic (exact) mass is 1960 g/mol. The number of hydrogen-bond donors (Lipinski definition) is 2. The Bertz CT molecular complexity index is 5470. The molecule has 4 aliphatic heterocycles. The van der Waals surface area contributed by atoms with Gasteiger partial charge in [-0.15, -0.1) is 0 Å². The van der Waals surface area contributed by atoms with Gasteiger partial charge in [0.2, 0.25) is 0 Å². The van der Waals surface area contributed by atoms with Gasteiger partial charge in [0.15, 0.2) is 34.7 Å². The van der Waals surface area contributed by atoms with Gasteiger partial charge in [-0.25, -0.2) is 9.59 Å². The molecule has 144 heavy (non-hydrogen) atoms. The van der Waals surface area contributed by atoms with E-state index in [1.165, 1.54) is 0 Å². The lowest BCUT2D eigenvalue weighted by atomic mass is 9.80. The molecule has 0 amide bonds. The smallest absolute Gasteiger partial charge is 0.338 e. The first-order chi connectivity index (χ1) is 69.5. The fourth-order valence-electron chi connectivity index (χ4n) is 19.4. The third-order valence-corrected chi connectivity index (χ3v) is 28.8. The number of ether oxygens (including phenoxy) is 9. The van der Waals surface area contributed by atoms with Crippen LogP contribution < -0.4 is 24.3 Å². The molecule has 6 atom stereocenters. The maximum absolute atomic E-state index is 14.2.